The average molecular weight is 669 g/mol. The van der Waals surface area contributed by atoms with Crippen LogP contribution >= 0.6 is 0 Å². The van der Waals surface area contributed by atoms with Gasteiger partial charge in [-0.2, -0.15) is 0 Å². The molecule has 2 saturated heterocycles. The van der Waals surface area contributed by atoms with E-state index in [2.05, 4.69) is 0 Å². The number of ether oxygens (including phenoxy) is 3. The van der Waals surface area contributed by atoms with Gasteiger partial charge in [0, 0.05) is 49.4 Å². The number of esters is 2. The molecule has 0 aromatic rings. The Morgan fingerprint density at radius 2 is 0.830 bits per heavy atom. The van der Waals surface area contributed by atoms with Crippen LogP contribution in [0.5, 0.6) is 0 Å². The second-order valence-corrected chi connectivity index (χ2v) is 14.8. The van der Waals surface area contributed by atoms with Gasteiger partial charge in [0.05, 0.1) is 37.3 Å². The topological polar surface area (TPSA) is 189 Å². The predicted octanol–water partition coefficient (Wildman–Crippen LogP) is 2.97. The zero-order valence-corrected chi connectivity index (χ0v) is 28.7. The number of amides is 4. The van der Waals surface area contributed by atoms with E-state index in [1.807, 2.05) is 27.7 Å². The van der Waals surface area contributed by atoms with Gasteiger partial charge in [-0.25, -0.2) is 9.59 Å². The molecule has 2 aliphatic rings. The molecule has 0 aromatic heterocycles. The third-order valence-corrected chi connectivity index (χ3v) is 7.61. The highest BCUT2D eigenvalue weighted by Crippen LogP contribution is 2.29. The maximum atomic E-state index is 12.5. The lowest BCUT2D eigenvalue weighted by Gasteiger charge is -2.29. The van der Waals surface area contributed by atoms with Crippen molar-refractivity contribution in [1.82, 2.24) is 10.1 Å². The number of nitrogens with zero attached hydrogens (tertiary/aromatic N) is 2. The van der Waals surface area contributed by atoms with E-state index in [0.717, 1.165) is 0 Å². The van der Waals surface area contributed by atoms with E-state index in [9.17, 15) is 38.4 Å². The molecule has 0 spiro atoms. The van der Waals surface area contributed by atoms with E-state index in [0.29, 0.717) is 10.1 Å². The molecule has 0 saturated carbocycles. The molecule has 2 heterocycles. The molecule has 0 N–H and O–H groups in total. The monoisotopic (exact) mass is 668 g/mol. The van der Waals surface area contributed by atoms with E-state index in [1.165, 1.54) is 0 Å². The molecule has 47 heavy (non-hydrogen) atoms. The van der Waals surface area contributed by atoms with Crippen molar-refractivity contribution in [2.45, 2.75) is 107 Å². The molecule has 15 nitrogen and oxygen atoms in total. The summed E-state index contributed by atoms with van der Waals surface area (Å²) in [6.07, 6.45) is -0.0786. The van der Waals surface area contributed by atoms with Gasteiger partial charge in [-0.3, -0.25) is 28.8 Å². The Bertz CT molecular complexity index is 1130. The highest BCUT2D eigenvalue weighted by atomic mass is 16.7. The lowest BCUT2D eigenvalue weighted by Crippen LogP contribution is -2.38. The second-order valence-electron chi connectivity index (χ2n) is 14.8. The van der Waals surface area contributed by atoms with Gasteiger partial charge < -0.3 is 23.9 Å². The first kappa shape index (κ1) is 39.3. The number of rotatable bonds is 18. The summed E-state index contributed by atoms with van der Waals surface area (Å²) in [6.45, 7) is 14.1. The standard InChI is InChI=1S/C32H48N2O13/c1-29(2,19-44-25(39)13-15-31(5,6)27(41)46-33-21(35)9-10-22(33)36)17-43-18-30(3,4)20-45-26(40)14-16-32(7,8)28(42)47-34-23(37)11-12-24(34)38/h9-20H2,1-8H3. The summed E-state index contributed by atoms with van der Waals surface area (Å²) in [5.41, 5.74) is -3.40. The smallest absolute Gasteiger partial charge is 0.338 e. The molecule has 2 aliphatic heterocycles. The molecule has 0 aliphatic carbocycles. The number of hydrogen-bond acceptors (Lipinski definition) is 13. The van der Waals surface area contributed by atoms with Crippen LogP contribution in [0.3, 0.4) is 0 Å². The van der Waals surface area contributed by atoms with Gasteiger partial charge in [0.15, 0.2) is 0 Å². The Balaban J connectivity index is 1.67. The van der Waals surface area contributed by atoms with Crippen molar-refractivity contribution in [3.63, 3.8) is 0 Å². The number of imide groups is 2. The SMILES string of the molecule is CC(C)(COCC(C)(C)COC(=O)CCC(C)(C)C(=O)ON1C(=O)CCC1=O)COC(=O)CCC(C)(C)C(=O)ON1C(=O)CCC1=O. The third kappa shape index (κ3) is 12.3. The summed E-state index contributed by atoms with van der Waals surface area (Å²) in [4.78, 5) is 107. The van der Waals surface area contributed by atoms with Crippen molar-refractivity contribution < 1.29 is 62.2 Å². The van der Waals surface area contributed by atoms with Gasteiger partial charge >= 0.3 is 23.9 Å². The van der Waals surface area contributed by atoms with Crippen molar-refractivity contribution in [1.29, 1.82) is 0 Å². The quantitative estimate of drug-likeness (QED) is 0.153. The minimum Gasteiger partial charge on any atom is -0.465 e. The maximum absolute atomic E-state index is 12.5. The van der Waals surface area contributed by atoms with Gasteiger partial charge in [0.1, 0.15) is 0 Å². The van der Waals surface area contributed by atoms with E-state index in [-0.39, 0.29) is 77.8 Å². The fourth-order valence-electron chi connectivity index (χ4n) is 4.14. The highest BCUT2D eigenvalue weighted by molar-refractivity contribution is 6.02. The van der Waals surface area contributed by atoms with Crippen molar-refractivity contribution in [3.05, 3.63) is 0 Å². The van der Waals surface area contributed by atoms with Gasteiger partial charge in [-0.1, -0.05) is 27.7 Å². The number of carbonyl (C=O) groups excluding carboxylic acids is 8. The maximum Gasteiger partial charge on any atom is 0.338 e. The van der Waals surface area contributed by atoms with Crippen LogP contribution in [0.1, 0.15) is 107 Å². The molecule has 0 unspecified atom stereocenters. The Hall–Kier alpha value is -3.88. The molecular weight excluding hydrogens is 620 g/mol. The average Bonchev–Trinajstić information content (AvgIpc) is 3.47. The summed E-state index contributed by atoms with van der Waals surface area (Å²) in [7, 11) is 0. The van der Waals surface area contributed by atoms with Crippen LogP contribution in [0.15, 0.2) is 0 Å². The van der Waals surface area contributed by atoms with Crippen molar-refractivity contribution in [2.75, 3.05) is 26.4 Å². The fourth-order valence-corrected chi connectivity index (χ4v) is 4.14. The second kappa shape index (κ2) is 15.8. The summed E-state index contributed by atoms with van der Waals surface area (Å²) < 4.78 is 16.7. The summed E-state index contributed by atoms with van der Waals surface area (Å²) in [6, 6.07) is 0. The number of hydrogen-bond donors (Lipinski definition) is 0. The minimum absolute atomic E-state index is 0.0139. The molecule has 0 radical (unpaired) electrons. The molecule has 264 valence electrons. The number of hydroxylamine groups is 4. The van der Waals surface area contributed by atoms with Crippen LogP contribution in [0.2, 0.25) is 0 Å². The van der Waals surface area contributed by atoms with Crippen molar-refractivity contribution >= 4 is 47.5 Å². The molecule has 0 bridgehead atoms. The van der Waals surface area contributed by atoms with Crippen LogP contribution in [-0.2, 0) is 62.2 Å². The Labute approximate surface area is 274 Å². The van der Waals surface area contributed by atoms with Crippen molar-refractivity contribution in [3.8, 4) is 0 Å². The molecule has 2 rings (SSSR count). The van der Waals surface area contributed by atoms with E-state index in [4.69, 9.17) is 23.9 Å². The molecule has 0 atom stereocenters. The Morgan fingerprint density at radius 1 is 0.532 bits per heavy atom. The van der Waals surface area contributed by atoms with Crippen molar-refractivity contribution in [2.24, 2.45) is 21.7 Å². The lowest BCUT2D eigenvalue weighted by molar-refractivity contribution is -0.204. The van der Waals surface area contributed by atoms with Crippen LogP contribution in [0, 0.1) is 21.7 Å². The van der Waals surface area contributed by atoms with Gasteiger partial charge in [-0.05, 0) is 40.5 Å². The Morgan fingerprint density at radius 3 is 1.13 bits per heavy atom. The number of carbonyl (C=O) groups is 8. The first-order chi connectivity index (χ1) is 21.5. The summed E-state index contributed by atoms with van der Waals surface area (Å²) >= 11 is 0. The molecular formula is C32H48N2O13. The zero-order valence-electron chi connectivity index (χ0n) is 28.7. The molecule has 2 fully saturated rings. The summed E-state index contributed by atoms with van der Waals surface area (Å²) in [5.74, 6) is -4.98. The first-order valence-corrected chi connectivity index (χ1v) is 15.6. The van der Waals surface area contributed by atoms with Crippen LogP contribution in [0.25, 0.3) is 0 Å². The van der Waals surface area contributed by atoms with Gasteiger partial charge in [-0.15, -0.1) is 10.1 Å². The lowest BCUT2D eigenvalue weighted by atomic mass is 9.88. The van der Waals surface area contributed by atoms with E-state index >= 15 is 0 Å². The van der Waals surface area contributed by atoms with E-state index in [1.54, 1.807) is 27.7 Å². The normalized spacial score (nSPS) is 16.1. The van der Waals surface area contributed by atoms with Gasteiger partial charge in [0.25, 0.3) is 23.6 Å². The van der Waals surface area contributed by atoms with Gasteiger partial charge in [0.2, 0.25) is 0 Å². The van der Waals surface area contributed by atoms with Crippen LogP contribution < -0.4 is 0 Å². The molecule has 15 heteroatoms. The Kier molecular flexibility index (Phi) is 13.2. The highest BCUT2D eigenvalue weighted by Gasteiger charge is 2.40. The molecule has 4 amide bonds. The first-order valence-electron chi connectivity index (χ1n) is 15.6. The zero-order chi connectivity index (χ0) is 35.8. The predicted molar refractivity (Wildman–Crippen MR) is 161 cm³/mol. The largest absolute Gasteiger partial charge is 0.465 e. The molecule has 0 aromatic carbocycles. The minimum atomic E-state index is -1.14. The third-order valence-electron chi connectivity index (χ3n) is 7.61. The summed E-state index contributed by atoms with van der Waals surface area (Å²) in [5, 5.41) is 0.955. The fraction of sp³-hybridized carbons (Fsp3) is 0.750. The van der Waals surface area contributed by atoms with E-state index < -0.39 is 69.2 Å². The van der Waals surface area contributed by atoms with Crippen LogP contribution in [-0.4, -0.2) is 84.1 Å². The van der Waals surface area contributed by atoms with Crippen LogP contribution in [0.4, 0.5) is 0 Å².